The first-order valence-corrected chi connectivity index (χ1v) is 16.9. The van der Waals surface area contributed by atoms with Gasteiger partial charge < -0.3 is 20.5 Å². The lowest BCUT2D eigenvalue weighted by molar-refractivity contribution is 0.176. The van der Waals surface area contributed by atoms with E-state index in [-0.39, 0.29) is 24.4 Å². The molecule has 0 saturated heterocycles. The van der Waals surface area contributed by atoms with E-state index < -0.39 is 5.82 Å². The minimum absolute atomic E-state index is 0.0673. The fourth-order valence-electron chi connectivity index (χ4n) is 5.76. The number of nitrogens with one attached hydrogen (secondary N) is 2. The van der Waals surface area contributed by atoms with E-state index in [9.17, 15) is 14.3 Å². The van der Waals surface area contributed by atoms with Crippen LogP contribution in [0.5, 0.6) is 11.5 Å². The lowest BCUT2D eigenvalue weighted by atomic mass is 9.87. The molecule has 1 aliphatic rings. The highest BCUT2D eigenvalue weighted by Gasteiger charge is 2.23. The average Bonchev–Trinajstić information content (AvgIpc) is 3.72. The van der Waals surface area contributed by atoms with Crippen molar-refractivity contribution < 1.29 is 19.0 Å². The van der Waals surface area contributed by atoms with Crippen LogP contribution in [-0.2, 0) is 6.54 Å². The number of aliphatic hydroxyl groups excluding tert-OH is 1. The van der Waals surface area contributed by atoms with Gasteiger partial charge in [-0.25, -0.2) is 9.18 Å². The molecule has 2 unspecified atom stereocenters. The predicted molar refractivity (Wildman–Crippen MR) is 179 cm³/mol. The number of nitrogens with zero attached hydrogens (tertiary/aromatic N) is 3. The zero-order valence-electron chi connectivity index (χ0n) is 26.4. The van der Waals surface area contributed by atoms with Crippen molar-refractivity contribution in [2.75, 3.05) is 25.0 Å². The van der Waals surface area contributed by atoms with Gasteiger partial charge in [0.15, 0.2) is 11.6 Å². The van der Waals surface area contributed by atoms with Crippen molar-refractivity contribution in [1.29, 1.82) is 0 Å². The highest BCUT2D eigenvalue weighted by Crippen LogP contribution is 2.39. The second kappa shape index (κ2) is 15.6. The number of carbonyl (C=O) groups is 1. The van der Waals surface area contributed by atoms with Gasteiger partial charge >= 0.3 is 6.03 Å². The summed E-state index contributed by atoms with van der Waals surface area (Å²) < 4.78 is 21.8. The highest BCUT2D eigenvalue weighted by atomic mass is 32.1. The fraction of sp³-hybridized carbons (Fsp3) is 0.457. The van der Waals surface area contributed by atoms with Gasteiger partial charge in [-0.15, -0.1) is 11.3 Å². The van der Waals surface area contributed by atoms with Gasteiger partial charge in [0.25, 0.3) is 0 Å². The summed E-state index contributed by atoms with van der Waals surface area (Å²) in [6.45, 7) is 9.96. The number of anilines is 1. The molecule has 0 bridgehead atoms. The van der Waals surface area contributed by atoms with Crippen molar-refractivity contribution in [2.45, 2.75) is 71.9 Å². The topological polar surface area (TPSA) is 99.6 Å². The first-order chi connectivity index (χ1) is 21.9. The summed E-state index contributed by atoms with van der Waals surface area (Å²) in [5, 5.41) is 14.8. The molecule has 1 aromatic carbocycles. The van der Waals surface area contributed by atoms with Gasteiger partial charge in [-0.05, 0) is 80.3 Å². The Hall–Kier alpha value is -3.60. The Labute approximate surface area is 269 Å². The molecule has 8 nitrogen and oxygen atoms in total. The van der Waals surface area contributed by atoms with Crippen molar-refractivity contribution in [2.24, 2.45) is 11.8 Å². The van der Waals surface area contributed by atoms with E-state index in [1.807, 2.05) is 12.3 Å². The monoisotopic (exact) mass is 633 g/mol. The number of ether oxygens (including phenoxy) is 1. The summed E-state index contributed by atoms with van der Waals surface area (Å²) in [4.78, 5) is 24.8. The summed E-state index contributed by atoms with van der Waals surface area (Å²) >= 11 is 1.51. The number of pyridine rings is 2. The molecule has 1 fully saturated rings. The second-order valence-corrected chi connectivity index (χ2v) is 13.1. The maximum Gasteiger partial charge on any atom is 0.319 e. The Bertz CT molecular complexity index is 1560. The number of aromatic nitrogens is 2. The van der Waals surface area contributed by atoms with Gasteiger partial charge in [-0.3, -0.25) is 14.9 Å². The van der Waals surface area contributed by atoms with E-state index in [1.54, 1.807) is 18.3 Å². The molecule has 4 aromatic rings. The number of urea groups is 1. The summed E-state index contributed by atoms with van der Waals surface area (Å²) in [7, 11) is 0. The van der Waals surface area contributed by atoms with Crippen LogP contribution in [-0.4, -0.2) is 51.7 Å². The Morgan fingerprint density at radius 1 is 1.16 bits per heavy atom. The lowest BCUT2D eigenvalue weighted by Gasteiger charge is -2.30. The minimum Gasteiger partial charge on any atom is -0.453 e. The summed E-state index contributed by atoms with van der Waals surface area (Å²) in [6.07, 6.45) is 9.72. The number of aliphatic hydroxyl groups is 1. The molecule has 0 aliphatic heterocycles. The molecular weight excluding hydrogens is 589 g/mol. The molecule has 0 radical (unpaired) electrons. The molecule has 3 N–H and O–H groups in total. The Morgan fingerprint density at radius 3 is 2.69 bits per heavy atom. The van der Waals surface area contributed by atoms with Gasteiger partial charge in [0, 0.05) is 56.0 Å². The van der Waals surface area contributed by atoms with Crippen LogP contribution in [0.4, 0.5) is 14.9 Å². The molecule has 2 amide bonds. The first-order valence-electron chi connectivity index (χ1n) is 16.1. The van der Waals surface area contributed by atoms with Crippen molar-refractivity contribution >= 4 is 33.3 Å². The fourth-order valence-corrected chi connectivity index (χ4v) is 6.80. The number of rotatable bonds is 16. The van der Waals surface area contributed by atoms with Gasteiger partial charge in [0.2, 0.25) is 0 Å². The highest BCUT2D eigenvalue weighted by molar-refractivity contribution is 7.22. The summed E-state index contributed by atoms with van der Waals surface area (Å²) in [6, 6.07) is 12.2. The van der Waals surface area contributed by atoms with Crippen LogP contribution in [0.2, 0.25) is 0 Å². The molecule has 3 aromatic heterocycles. The third-order valence-electron chi connectivity index (χ3n) is 8.33. The summed E-state index contributed by atoms with van der Waals surface area (Å²) in [5.41, 5.74) is 3.14. The standard InChI is InChI=1S/C35H44FN5O3S/c1-4-16-41(21-23(3)25(5-2)7-6-17-42)22-24-8-12-29(38-20-24)33-19-30-34(45-33)32(14-15-37-30)44-31-13-11-27(18-28(31)36)40-35(43)39-26-9-10-26/h8,11-15,18-20,23,25-26,42H,4-7,9-10,16-17,21-22H2,1-3H3,(H2,39,40,43). The number of halogens is 1. The van der Waals surface area contributed by atoms with E-state index in [0.717, 1.165) is 78.9 Å². The van der Waals surface area contributed by atoms with E-state index in [4.69, 9.17) is 9.72 Å². The van der Waals surface area contributed by atoms with Crippen molar-refractivity contribution in [3.8, 4) is 22.1 Å². The lowest BCUT2D eigenvalue weighted by Crippen LogP contribution is -2.32. The SMILES string of the molecule is CCCN(Cc1ccc(-c2cc3nccc(Oc4ccc(NC(=O)NC5CC5)cc4F)c3s2)nc1)CC(C)C(CC)CCCO. The number of fused-ring (bicyclic) bond motifs is 1. The molecule has 1 saturated carbocycles. The normalized spacial score (nSPS) is 14.4. The number of benzene rings is 1. The van der Waals surface area contributed by atoms with Crippen LogP contribution in [0, 0.1) is 17.7 Å². The largest absolute Gasteiger partial charge is 0.453 e. The number of carbonyl (C=O) groups excluding carboxylic acids is 1. The number of thiophene rings is 1. The van der Waals surface area contributed by atoms with Crippen molar-refractivity contribution in [3.63, 3.8) is 0 Å². The quantitative estimate of drug-likeness (QED) is 0.115. The number of amides is 2. The Morgan fingerprint density at radius 2 is 2.00 bits per heavy atom. The van der Waals surface area contributed by atoms with Gasteiger partial charge in [-0.1, -0.05) is 33.3 Å². The smallest absolute Gasteiger partial charge is 0.319 e. The average molecular weight is 634 g/mol. The Kier molecular flexibility index (Phi) is 11.4. The van der Waals surface area contributed by atoms with Gasteiger partial charge in [0.1, 0.15) is 5.75 Å². The third kappa shape index (κ3) is 8.99. The maximum absolute atomic E-state index is 15.0. The van der Waals surface area contributed by atoms with Gasteiger partial charge in [-0.2, -0.15) is 0 Å². The van der Waals surface area contributed by atoms with E-state index in [2.05, 4.69) is 53.4 Å². The molecule has 1 aliphatic carbocycles. The van der Waals surface area contributed by atoms with Crippen LogP contribution in [0.15, 0.2) is 54.9 Å². The van der Waals surface area contributed by atoms with Crippen LogP contribution < -0.4 is 15.4 Å². The predicted octanol–water partition coefficient (Wildman–Crippen LogP) is 8.22. The second-order valence-electron chi connectivity index (χ2n) is 12.1. The first kappa shape index (κ1) is 32.8. The Balaban J connectivity index is 1.25. The minimum atomic E-state index is -0.569. The number of hydrogen-bond donors (Lipinski definition) is 3. The number of hydrogen-bond acceptors (Lipinski definition) is 7. The van der Waals surface area contributed by atoms with E-state index >= 15 is 0 Å². The van der Waals surface area contributed by atoms with E-state index in [0.29, 0.717) is 23.3 Å². The molecule has 0 spiro atoms. The molecule has 45 heavy (non-hydrogen) atoms. The molecule has 2 atom stereocenters. The molecule has 10 heteroatoms. The van der Waals surface area contributed by atoms with Crippen molar-refractivity contribution in [3.05, 3.63) is 66.2 Å². The third-order valence-corrected chi connectivity index (χ3v) is 9.49. The van der Waals surface area contributed by atoms with Crippen LogP contribution in [0.1, 0.15) is 64.9 Å². The van der Waals surface area contributed by atoms with Crippen LogP contribution in [0.3, 0.4) is 0 Å². The summed E-state index contributed by atoms with van der Waals surface area (Å²) in [5.74, 6) is 1.18. The van der Waals surface area contributed by atoms with Crippen LogP contribution >= 0.6 is 11.3 Å². The maximum atomic E-state index is 15.0. The molecule has 5 rings (SSSR count). The molecule has 3 heterocycles. The zero-order chi connectivity index (χ0) is 31.8. The van der Waals surface area contributed by atoms with Gasteiger partial charge in [0.05, 0.1) is 20.8 Å². The van der Waals surface area contributed by atoms with Crippen LogP contribution in [0.25, 0.3) is 20.8 Å². The van der Waals surface area contributed by atoms with E-state index in [1.165, 1.54) is 29.0 Å². The molecule has 240 valence electrons. The van der Waals surface area contributed by atoms with Crippen molar-refractivity contribution in [1.82, 2.24) is 20.2 Å². The molecular formula is C35H44FN5O3S. The zero-order valence-corrected chi connectivity index (χ0v) is 27.2.